The van der Waals surface area contributed by atoms with E-state index in [4.69, 9.17) is 10.2 Å². The van der Waals surface area contributed by atoms with E-state index in [1.54, 1.807) is 13.2 Å². The maximum absolute atomic E-state index is 11.5. The molecule has 0 saturated heterocycles. The average Bonchev–Trinajstić information content (AvgIpc) is 2.17. The van der Waals surface area contributed by atoms with E-state index < -0.39 is 27.3 Å². The van der Waals surface area contributed by atoms with Crippen molar-refractivity contribution < 1.29 is 23.4 Å². The van der Waals surface area contributed by atoms with E-state index in [0.29, 0.717) is 0 Å². The summed E-state index contributed by atoms with van der Waals surface area (Å²) in [6.07, 6.45) is 1.74. The molecule has 3 unspecified atom stereocenters. The minimum atomic E-state index is -3.90. The fraction of sp³-hybridized carbons (Fsp3) is 0.875. The van der Waals surface area contributed by atoms with Crippen LogP contribution in [0.3, 0.4) is 0 Å². The maximum atomic E-state index is 11.5. The summed E-state index contributed by atoms with van der Waals surface area (Å²) < 4.78 is 25.3. The summed E-state index contributed by atoms with van der Waals surface area (Å²) in [6, 6.07) is -0.521. The zero-order valence-electron chi connectivity index (χ0n) is 9.37. The van der Waals surface area contributed by atoms with E-state index in [2.05, 4.69) is 4.72 Å². The highest BCUT2D eigenvalue weighted by atomic mass is 32.2. The van der Waals surface area contributed by atoms with Crippen molar-refractivity contribution in [3.05, 3.63) is 0 Å². The molecule has 0 aromatic rings. The first-order valence-electron chi connectivity index (χ1n) is 4.63. The van der Waals surface area contributed by atoms with E-state index >= 15 is 0 Å². The Balaban J connectivity index is 4.65. The molecular weight excluding hydrogens is 254 g/mol. The Morgan fingerprint density at radius 3 is 2.25 bits per heavy atom. The molecular formula is C8H17NO5S2. The third-order valence-electron chi connectivity index (χ3n) is 2.20. The number of aliphatic hydroxyl groups is 1. The van der Waals surface area contributed by atoms with Gasteiger partial charge in [0.15, 0.2) is 5.25 Å². The van der Waals surface area contributed by atoms with Gasteiger partial charge in [0.25, 0.3) is 0 Å². The van der Waals surface area contributed by atoms with Crippen molar-refractivity contribution in [2.45, 2.75) is 30.4 Å². The van der Waals surface area contributed by atoms with Crippen molar-refractivity contribution in [1.29, 1.82) is 0 Å². The number of hydrogen-bond donors (Lipinski definition) is 3. The van der Waals surface area contributed by atoms with Gasteiger partial charge in [0.05, 0.1) is 6.61 Å². The molecule has 0 amide bonds. The lowest BCUT2D eigenvalue weighted by Crippen LogP contribution is -2.46. The number of nitrogens with one attached hydrogen (secondary N) is 1. The number of carboxylic acid groups (broad SMARTS) is 1. The lowest BCUT2D eigenvalue weighted by atomic mass is 10.3. The van der Waals surface area contributed by atoms with E-state index in [1.807, 2.05) is 0 Å². The summed E-state index contributed by atoms with van der Waals surface area (Å²) in [4.78, 5) is 10.6. The first kappa shape index (κ1) is 15.7. The number of aliphatic hydroxyl groups excluding tert-OH is 1. The van der Waals surface area contributed by atoms with Gasteiger partial charge < -0.3 is 10.2 Å². The fourth-order valence-corrected chi connectivity index (χ4v) is 2.87. The highest BCUT2D eigenvalue weighted by molar-refractivity contribution is 7.99. The van der Waals surface area contributed by atoms with Gasteiger partial charge in [-0.15, -0.1) is 0 Å². The van der Waals surface area contributed by atoms with Crippen molar-refractivity contribution in [2.75, 3.05) is 12.9 Å². The molecule has 0 saturated carbocycles. The van der Waals surface area contributed by atoms with Crippen molar-refractivity contribution in [1.82, 2.24) is 4.72 Å². The van der Waals surface area contributed by atoms with Crippen LogP contribution in [0.25, 0.3) is 0 Å². The predicted molar refractivity (Wildman–Crippen MR) is 63.0 cm³/mol. The third kappa shape index (κ3) is 4.28. The van der Waals surface area contributed by atoms with Gasteiger partial charge in [-0.3, -0.25) is 4.79 Å². The summed E-state index contributed by atoms with van der Waals surface area (Å²) >= 11 is 1.31. The molecule has 0 rings (SSSR count). The molecule has 96 valence electrons. The SMILES string of the molecule is CSC(CO)C(C)NS(=O)(=O)C(C)C(=O)O. The predicted octanol–water partition coefficient (Wildman–Crippen LogP) is -0.509. The first-order chi connectivity index (χ1) is 7.26. The fourth-order valence-electron chi connectivity index (χ4n) is 1.01. The molecule has 0 aromatic heterocycles. The lowest BCUT2D eigenvalue weighted by molar-refractivity contribution is -0.136. The molecule has 0 spiro atoms. The van der Waals surface area contributed by atoms with Crippen molar-refractivity contribution >= 4 is 27.8 Å². The molecule has 0 aliphatic carbocycles. The van der Waals surface area contributed by atoms with Crippen LogP contribution in [0, 0.1) is 0 Å². The van der Waals surface area contributed by atoms with Crippen LogP contribution in [0.15, 0.2) is 0 Å². The van der Waals surface area contributed by atoms with Crippen LogP contribution in [0.5, 0.6) is 0 Å². The lowest BCUT2D eigenvalue weighted by Gasteiger charge is -2.22. The van der Waals surface area contributed by atoms with Gasteiger partial charge in [-0.2, -0.15) is 11.8 Å². The summed E-state index contributed by atoms with van der Waals surface area (Å²) in [5.41, 5.74) is 0. The zero-order chi connectivity index (χ0) is 12.9. The van der Waals surface area contributed by atoms with E-state index in [-0.39, 0.29) is 11.9 Å². The van der Waals surface area contributed by atoms with Gasteiger partial charge in [0, 0.05) is 11.3 Å². The molecule has 0 bridgehead atoms. The van der Waals surface area contributed by atoms with E-state index in [9.17, 15) is 13.2 Å². The Morgan fingerprint density at radius 2 is 1.94 bits per heavy atom. The van der Waals surface area contributed by atoms with Crippen LogP contribution in [0.4, 0.5) is 0 Å². The number of carbonyl (C=O) groups is 1. The molecule has 8 heteroatoms. The Kier molecular flexibility index (Phi) is 6.31. The average molecular weight is 271 g/mol. The monoisotopic (exact) mass is 271 g/mol. The highest BCUT2D eigenvalue weighted by Crippen LogP contribution is 2.12. The van der Waals surface area contributed by atoms with Crippen LogP contribution in [0.2, 0.25) is 0 Å². The number of thioether (sulfide) groups is 1. The second kappa shape index (κ2) is 6.43. The van der Waals surface area contributed by atoms with Crippen LogP contribution in [-0.4, -0.2) is 54.0 Å². The number of aliphatic carboxylic acids is 1. The molecule has 0 heterocycles. The minimum Gasteiger partial charge on any atom is -0.480 e. The second-order valence-electron chi connectivity index (χ2n) is 3.39. The van der Waals surface area contributed by atoms with Gasteiger partial charge in [-0.05, 0) is 20.1 Å². The largest absolute Gasteiger partial charge is 0.480 e. The van der Waals surface area contributed by atoms with Crippen LogP contribution < -0.4 is 4.72 Å². The number of carboxylic acids is 1. The molecule has 6 nitrogen and oxygen atoms in total. The molecule has 16 heavy (non-hydrogen) atoms. The van der Waals surface area contributed by atoms with Gasteiger partial charge in [-0.25, -0.2) is 13.1 Å². The Hall–Kier alpha value is -0.310. The second-order valence-corrected chi connectivity index (χ2v) is 6.50. The van der Waals surface area contributed by atoms with Crippen molar-refractivity contribution in [3.8, 4) is 0 Å². The Labute approximate surface area is 99.5 Å². The smallest absolute Gasteiger partial charge is 0.323 e. The zero-order valence-corrected chi connectivity index (χ0v) is 11.0. The summed E-state index contributed by atoms with van der Waals surface area (Å²) in [5.74, 6) is -1.40. The van der Waals surface area contributed by atoms with Crippen molar-refractivity contribution in [3.63, 3.8) is 0 Å². The summed E-state index contributed by atoms with van der Waals surface area (Å²) in [6.45, 7) is 2.51. The quantitative estimate of drug-likeness (QED) is 0.576. The standard InChI is InChI=1S/C8H17NO5S2/c1-5(7(4-10)15-3)9-16(13,14)6(2)8(11)12/h5-7,9-10H,4H2,1-3H3,(H,11,12). The molecule has 3 atom stereocenters. The topological polar surface area (TPSA) is 104 Å². The van der Waals surface area contributed by atoms with Crippen molar-refractivity contribution in [2.24, 2.45) is 0 Å². The number of hydrogen-bond acceptors (Lipinski definition) is 5. The molecule has 0 fully saturated rings. The molecule has 0 radical (unpaired) electrons. The van der Waals surface area contributed by atoms with Gasteiger partial charge in [0.1, 0.15) is 0 Å². The van der Waals surface area contributed by atoms with Gasteiger partial charge >= 0.3 is 5.97 Å². The molecule has 0 aromatic carbocycles. The maximum Gasteiger partial charge on any atom is 0.323 e. The van der Waals surface area contributed by atoms with E-state index in [0.717, 1.165) is 6.92 Å². The normalized spacial score (nSPS) is 17.8. The number of sulfonamides is 1. The van der Waals surface area contributed by atoms with Gasteiger partial charge in [-0.1, -0.05) is 0 Å². The molecule has 0 aliphatic heterocycles. The summed E-state index contributed by atoms with van der Waals surface area (Å²) in [7, 11) is -3.90. The van der Waals surface area contributed by atoms with Gasteiger partial charge in [0.2, 0.25) is 10.0 Å². The summed E-state index contributed by atoms with van der Waals surface area (Å²) in [5, 5.41) is 15.8. The molecule has 0 aliphatic rings. The third-order valence-corrected chi connectivity index (χ3v) is 5.20. The van der Waals surface area contributed by atoms with Crippen LogP contribution in [-0.2, 0) is 14.8 Å². The Morgan fingerprint density at radius 1 is 1.44 bits per heavy atom. The first-order valence-corrected chi connectivity index (χ1v) is 7.47. The van der Waals surface area contributed by atoms with E-state index in [1.165, 1.54) is 11.8 Å². The molecule has 3 N–H and O–H groups in total. The van der Waals surface area contributed by atoms with Crippen LogP contribution in [0.1, 0.15) is 13.8 Å². The number of rotatable bonds is 7. The highest BCUT2D eigenvalue weighted by Gasteiger charge is 2.30. The minimum absolute atomic E-state index is 0.174. The van der Waals surface area contributed by atoms with Crippen LogP contribution >= 0.6 is 11.8 Å². The Bertz CT molecular complexity index is 325.